The third kappa shape index (κ3) is 3.40. The van der Waals surface area contributed by atoms with E-state index in [4.69, 9.17) is 9.84 Å². The van der Waals surface area contributed by atoms with E-state index in [1.165, 1.54) is 0 Å². The number of nitrogens with one attached hydrogen (secondary N) is 1. The van der Waals surface area contributed by atoms with Gasteiger partial charge in [-0.1, -0.05) is 12.1 Å². The van der Waals surface area contributed by atoms with Gasteiger partial charge in [-0.3, -0.25) is 0 Å². The Balaban J connectivity index is 2.35. The molecule has 0 fully saturated rings. The van der Waals surface area contributed by atoms with Gasteiger partial charge in [-0.15, -0.1) is 22.0 Å². The highest BCUT2D eigenvalue weighted by atomic mass is 32.2. The van der Waals surface area contributed by atoms with Gasteiger partial charge < -0.3 is 15.2 Å². The zero-order valence-electron chi connectivity index (χ0n) is 11.5. The molecular formula is C14H17N3O2S. The van der Waals surface area contributed by atoms with Gasteiger partial charge in [-0.25, -0.2) is 0 Å². The van der Waals surface area contributed by atoms with Crippen molar-refractivity contribution in [3.8, 4) is 16.9 Å². The molecule has 0 saturated heterocycles. The third-order valence-electron chi connectivity index (χ3n) is 2.77. The van der Waals surface area contributed by atoms with E-state index >= 15 is 0 Å². The maximum absolute atomic E-state index is 8.84. The molecule has 5 nitrogen and oxygen atoms in total. The Morgan fingerprint density at radius 3 is 2.60 bits per heavy atom. The highest BCUT2D eigenvalue weighted by Gasteiger charge is 2.09. The Morgan fingerprint density at radius 2 is 2.00 bits per heavy atom. The first-order chi connectivity index (χ1) is 9.78. The summed E-state index contributed by atoms with van der Waals surface area (Å²) in [5, 5.41) is 21.0. The van der Waals surface area contributed by atoms with Crippen LogP contribution < -0.4 is 10.1 Å². The summed E-state index contributed by atoms with van der Waals surface area (Å²) in [7, 11) is 1.65. The van der Waals surface area contributed by atoms with E-state index in [9.17, 15) is 0 Å². The largest absolute Gasteiger partial charge is 0.497 e. The maximum Gasteiger partial charge on any atom is 0.149 e. The van der Waals surface area contributed by atoms with Crippen molar-refractivity contribution in [2.24, 2.45) is 0 Å². The lowest BCUT2D eigenvalue weighted by Crippen LogP contribution is -2.08. The number of aliphatic hydroxyl groups is 1. The minimum Gasteiger partial charge on any atom is -0.497 e. The summed E-state index contributed by atoms with van der Waals surface area (Å²) in [5.41, 5.74) is 2.06. The lowest BCUT2D eigenvalue weighted by atomic mass is 10.1. The van der Waals surface area contributed by atoms with Gasteiger partial charge in [-0.05, 0) is 30.0 Å². The molecule has 0 bridgehead atoms. The standard InChI is InChI=1S/C14H17N3O2S/c1-19-11-5-3-10(4-6-11)12-9-13(15-7-8-18)16-17-14(12)20-2/h3-6,9,18H,7-8H2,1-2H3,(H,15,16). The molecule has 1 aromatic carbocycles. The number of rotatable bonds is 6. The van der Waals surface area contributed by atoms with Crippen LogP contribution in [0.5, 0.6) is 5.75 Å². The molecule has 0 spiro atoms. The van der Waals surface area contributed by atoms with E-state index in [1.54, 1.807) is 18.9 Å². The number of nitrogens with zero attached hydrogens (tertiary/aromatic N) is 2. The lowest BCUT2D eigenvalue weighted by Gasteiger charge is -2.10. The number of anilines is 1. The van der Waals surface area contributed by atoms with Crippen LogP contribution in [0.3, 0.4) is 0 Å². The van der Waals surface area contributed by atoms with Crippen molar-refractivity contribution in [2.75, 3.05) is 31.8 Å². The first-order valence-electron chi connectivity index (χ1n) is 6.19. The van der Waals surface area contributed by atoms with Crippen LogP contribution in [0, 0.1) is 0 Å². The van der Waals surface area contributed by atoms with Crippen molar-refractivity contribution >= 4 is 17.6 Å². The number of hydrogen-bond acceptors (Lipinski definition) is 6. The van der Waals surface area contributed by atoms with E-state index in [1.807, 2.05) is 36.6 Å². The molecule has 0 atom stereocenters. The Kier molecular flexibility index (Phi) is 5.20. The van der Waals surface area contributed by atoms with E-state index in [-0.39, 0.29) is 6.61 Å². The molecule has 0 aliphatic rings. The zero-order valence-corrected chi connectivity index (χ0v) is 12.3. The molecule has 0 aliphatic carbocycles. The van der Waals surface area contributed by atoms with E-state index in [2.05, 4.69) is 15.5 Å². The summed E-state index contributed by atoms with van der Waals surface area (Å²) in [4.78, 5) is 0. The molecular weight excluding hydrogens is 274 g/mol. The minimum atomic E-state index is 0.0594. The van der Waals surface area contributed by atoms with Gasteiger partial charge >= 0.3 is 0 Å². The zero-order chi connectivity index (χ0) is 14.4. The second-order valence-electron chi connectivity index (χ2n) is 4.03. The van der Waals surface area contributed by atoms with Crippen LogP contribution in [0.15, 0.2) is 35.4 Å². The summed E-state index contributed by atoms with van der Waals surface area (Å²) in [6, 6.07) is 9.76. The van der Waals surface area contributed by atoms with Gasteiger partial charge in [0, 0.05) is 12.1 Å². The minimum absolute atomic E-state index is 0.0594. The van der Waals surface area contributed by atoms with Crippen LogP contribution in [0.25, 0.3) is 11.1 Å². The van der Waals surface area contributed by atoms with Gasteiger partial charge in [-0.2, -0.15) is 0 Å². The smallest absolute Gasteiger partial charge is 0.149 e. The molecule has 20 heavy (non-hydrogen) atoms. The molecule has 2 aromatic rings. The number of methoxy groups -OCH3 is 1. The molecule has 106 valence electrons. The van der Waals surface area contributed by atoms with Crippen LogP contribution in [-0.2, 0) is 0 Å². The average Bonchev–Trinajstić information content (AvgIpc) is 2.52. The Bertz CT molecular complexity index is 561. The number of aromatic nitrogens is 2. The van der Waals surface area contributed by atoms with Crippen molar-refractivity contribution in [2.45, 2.75) is 5.03 Å². The fourth-order valence-corrected chi connectivity index (χ4v) is 2.30. The Hall–Kier alpha value is -1.79. The number of benzene rings is 1. The van der Waals surface area contributed by atoms with Crippen LogP contribution >= 0.6 is 11.8 Å². The monoisotopic (exact) mass is 291 g/mol. The quantitative estimate of drug-likeness (QED) is 0.796. The summed E-state index contributed by atoms with van der Waals surface area (Å²) in [6.07, 6.45) is 1.97. The van der Waals surface area contributed by atoms with Crippen LogP contribution in [-0.4, -0.2) is 41.8 Å². The summed E-state index contributed by atoms with van der Waals surface area (Å²) in [6.45, 7) is 0.513. The molecule has 2 rings (SSSR count). The number of aliphatic hydroxyl groups excluding tert-OH is 1. The molecule has 0 radical (unpaired) electrons. The van der Waals surface area contributed by atoms with Crippen molar-refractivity contribution in [3.05, 3.63) is 30.3 Å². The first-order valence-corrected chi connectivity index (χ1v) is 7.42. The SMILES string of the molecule is COc1ccc(-c2cc(NCCO)nnc2SC)cc1. The van der Waals surface area contributed by atoms with Gasteiger partial charge in [0.15, 0.2) is 0 Å². The fraction of sp³-hybridized carbons (Fsp3) is 0.286. The summed E-state index contributed by atoms with van der Waals surface area (Å²) in [5.74, 6) is 1.47. The molecule has 0 amide bonds. The van der Waals surface area contributed by atoms with Crippen LogP contribution in [0.4, 0.5) is 5.82 Å². The highest BCUT2D eigenvalue weighted by Crippen LogP contribution is 2.30. The Morgan fingerprint density at radius 1 is 1.25 bits per heavy atom. The fourth-order valence-electron chi connectivity index (χ4n) is 1.78. The summed E-state index contributed by atoms with van der Waals surface area (Å²) >= 11 is 1.55. The maximum atomic E-state index is 8.84. The normalized spacial score (nSPS) is 10.3. The molecule has 0 unspecified atom stereocenters. The molecule has 2 N–H and O–H groups in total. The Labute approximate surface area is 122 Å². The van der Waals surface area contributed by atoms with E-state index < -0.39 is 0 Å². The average molecular weight is 291 g/mol. The summed E-state index contributed by atoms with van der Waals surface area (Å²) < 4.78 is 5.17. The van der Waals surface area contributed by atoms with Crippen molar-refractivity contribution in [3.63, 3.8) is 0 Å². The van der Waals surface area contributed by atoms with Gasteiger partial charge in [0.05, 0.1) is 13.7 Å². The van der Waals surface area contributed by atoms with E-state index in [0.717, 1.165) is 21.9 Å². The van der Waals surface area contributed by atoms with Crippen LogP contribution in [0.2, 0.25) is 0 Å². The molecule has 1 heterocycles. The molecule has 0 saturated carbocycles. The molecule has 1 aromatic heterocycles. The van der Waals surface area contributed by atoms with Crippen LogP contribution in [0.1, 0.15) is 0 Å². The second kappa shape index (κ2) is 7.12. The predicted octanol–water partition coefficient (Wildman–Crippen LogP) is 2.28. The highest BCUT2D eigenvalue weighted by molar-refractivity contribution is 7.98. The number of hydrogen-bond donors (Lipinski definition) is 2. The molecule has 0 aliphatic heterocycles. The molecule has 6 heteroatoms. The van der Waals surface area contributed by atoms with Gasteiger partial charge in [0.25, 0.3) is 0 Å². The van der Waals surface area contributed by atoms with Crippen molar-refractivity contribution in [1.82, 2.24) is 10.2 Å². The topological polar surface area (TPSA) is 67.3 Å². The first kappa shape index (κ1) is 14.6. The third-order valence-corrected chi connectivity index (χ3v) is 3.46. The number of thioether (sulfide) groups is 1. The number of ether oxygens (including phenoxy) is 1. The predicted molar refractivity (Wildman–Crippen MR) is 81.4 cm³/mol. The van der Waals surface area contributed by atoms with Gasteiger partial charge in [0.1, 0.15) is 16.6 Å². The lowest BCUT2D eigenvalue weighted by molar-refractivity contribution is 0.311. The van der Waals surface area contributed by atoms with E-state index in [0.29, 0.717) is 12.4 Å². The van der Waals surface area contributed by atoms with Crippen molar-refractivity contribution in [1.29, 1.82) is 0 Å². The van der Waals surface area contributed by atoms with Crippen molar-refractivity contribution < 1.29 is 9.84 Å². The van der Waals surface area contributed by atoms with Gasteiger partial charge in [0.2, 0.25) is 0 Å². The second-order valence-corrected chi connectivity index (χ2v) is 4.83.